The first-order chi connectivity index (χ1) is 29.0. The van der Waals surface area contributed by atoms with Gasteiger partial charge in [0.1, 0.15) is 0 Å². The highest BCUT2D eigenvalue weighted by Crippen LogP contribution is 2.52. The Morgan fingerprint density at radius 3 is 1.85 bits per heavy atom. The Labute approximate surface area is 346 Å². The molecule has 1 aliphatic carbocycles. The molecule has 0 spiro atoms. The SMILES string of the molecule is CC1(C)c2ccccc2-c2cccc(-c3ccc(-c4ccc(/C=C/C(=NC(=N)c5ccccc5)c5ccccc5-c5cccc6ccccc56)c5ccccc45)cc3)c21. The van der Waals surface area contributed by atoms with Crippen LogP contribution in [-0.2, 0) is 5.41 Å². The quantitative estimate of drug-likeness (QED) is 0.124. The van der Waals surface area contributed by atoms with Crippen molar-refractivity contribution in [1.29, 1.82) is 5.41 Å². The monoisotopic (exact) mass is 754 g/mol. The lowest BCUT2D eigenvalue weighted by Gasteiger charge is -2.24. The van der Waals surface area contributed by atoms with Crippen molar-refractivity contribution < 1.29 is 0 Å². The molecule has 0 radical (unpaired) electrons. The summed E-state index contributed by atoms with van der Waals surface area (Å²) in [6, 6.07) is 70.9. The summed E-state index contributed by atoms with van der Waals surface area (Å²) in [6.45, 7) is 4.70. The van der Waals surface area contributed by atoms with E-state index in [9.17, 15) is 0 Å². The van der Waals surface area contributed by atoms with Crippen LogP contribution in [0.3, 0.4) is 0 Å². The van der Waals surface area contributed by atoms with Gasteiger partial charge in [0.05, 0.1) is 5.71 Å². The van der Waals surface area contributed by atoms with E-state index in [1.54, 1.807) is 0 Å². The highest BCUT2D eigenvalue weighted by Gasteiger charge is 2.37. The summed E-state index contributed by atoms with van der Waals surface area (Å²) in [6.07, 6.45) is 4.23. The molecule has 1 aliphatic rings. The summed E-state index contributed by atoms with van der Waals surface area (Å²) < 4.78 is 0. The van der Waals surface area contributed by atoms with Crippen molar-refractivity contribution in [1.82, 2.24) is 0 Å². The molecule has 280 valence electrons. The second-order valence-electron chi connectivity index (χ2n) is 15.8. The van der Waals surface area contributed by atoms with Gasteiger partial charge in [0.25, 0.3) is 0 Å². The average molecular weight is 755 g/mol. The van der Waals surface area contributed by atoms with E-state index < -0.39 is 0 Å². The topological polar surface area (TPSA) is 36.2 Å². The zero-order chi connectivity index (χ0) is 39.9. The lowest BCUT2D eigenvalue weighted by atomic mass is 9.79. The van der Waals surface area contributed by atoms with Crippen LogP contribution in [0.4, 0.5) is 0 Å². The van der Waals surface area contributed by atoms with Crippen LogP contribution < -0.4 is 0 Å². The molecule has 0 saturated carbocycles. The number of aliphatic imine (C=N–C) groups is 1. The van der Waals surface area contributed by atoms with E-state index >= 15 is 0 Å². The predicted octanol–water partition coefficient (Wildman–Crippen LogP) is 14.8. The van der Waals surface area contributed by atoms with Crippen LogP contribution in [0, 0.1) is 5.41 Å². The normalized spacial score (nSPS) is 13.2. The molecule has 2 heteroatoms. The molecular weight excluding hydrogens is 713 g/mol. The van der Waals surface area contributed by atoms with Gasteiger partial charge in [-0.1, -0.05) is 220 Å². The molecule has 9 aromatic rings. The minimum absolute atomic E-state index is 0.0782. The van der Waals surface area contributed by atoms with Crippen LogP contribution in [0.1, 0.15) is 41.7 Å². The second-order valence-corrected chi connectivity index (χ2v) is 15.8. The maximum atomic E-state index is 9.09. The Morgan fingerprint density at radius 2 is 1.03 bits per heavy atom. The highest BCUT2D eigenvalue weighted by molar-refractivity contribution is 6.21. The van der Waals surface area contributed by atoms with Crippen LogP contribution in [0.15, 0.2) is 211 Å². The predicted molar refractivity (Wildman–Crippen MR) is 251 cm³/mol. The van der Waals surface area contributed by atoms with E-state index in [0.29, 0.717) is 0 Å². The summed E-state index contributed by atoms with van der Waals surface area (Å²) in [7, 11) is 0. The van der Waals surface area contributed by atoms with Crippen molar-refractivity contribution in [2.45, 2.75) is 19.3 Å². The molecule has 0 amide bonds. The Morgan fingerprint density at radius 1 is 0.458 bits per heavy atom. The molecule has 9 aromatic carbocycles. The van der Waals surface area contributed by atoms with Gasteiger partial charge in [-0.25, -0.2) is 4.99 Å². The van der Waals surface area contributed by atoms with Gasteiger partial charge in [0.15, 0.2) is 5.84 Å². The lowest BCUT2D eigenvalue weighted by molar-refractivity contribution is 0.662. The number of nitrogens with one attached hydrogen (secondary N) is 1. The smallest absolute Gasteiger partial charge is 0.152 e. The molecule has 2 nitrogen and oxygen atoms in total. The Bertz CT molecular complexity index is 3120. The average Bonchev–Trinajstić information content (AvgIpc) is 3.53. The fraction of sp³-hybridized carbons (Fsp3) is 0.0526. The molecule has 0 aromatic heterocycles. The van der Waals surface area contributed by atoms with E-state index in [0.717, 1.165) is 38.9 Å². The van der Waals surface area contributed by atoms with Gasteiger partial charge < -0.3 is 0 Å². The third-order valence-corrected chi connectivity index (χ3v) is 12.0. The van der Waals surface area contributed by atoms with Crippen molar-refractivity contribution >= 4 is 39.2 Å². The third-order valence-electron chi connectivity index (χ3n) is 12.0. The maximum absolute atomic E-state index is 9.09. The summed E-state index contributed by atoms with van der Waals surface area (Å²) in [5.41, 5.74) is 16.0. The van der Waals surface area contributed by atoms with Gasteiger partial charge in [0, 0.05) is 16.5 Å². The van der Waals surface area contributed by atoms with E-state index in [4.69, 9.17) is 10.4 Å². The van der Waals surface area contributed by atoms with Gasteiger partial charge in [-0.15, -0.1) is 0 Å². The second kappa shape index (κ2) is 14.8. The van der Waals surface area contributed by atoms with Gasteiger partial charge in [0.2, 0.25) is 0 Å². The molecule has 0 unspecified atom stereocenters. The lowest BCUT2D eigenvalue weighted by Crippen LogP contribution is -2.16. The largest absolute Gasteiger partial charge is 0.282 e. The molecule has 1 N–H and O–H groups in total. The van der Waals surface area contributed by atoms with Crippen molar-refractivity contribution in [3.05, 3.63) is 234 Å². The number of benzene rings is 9. The van der Waals surface area contributed by atoms with E-state index in [2.05, 4.69) is 196 Å². The summed E-state index contributed by atoms with van der Waals surface area (Å²) >= 11 is 0. The fourth-order valence-electron chi connectivity index (χ4n) is 9.18. The molecule has 0 bridgehead atoms. The minimum Gasteiger partial charge on any atom is -0.282 e. The van der Waals surface area contributed by atoms with Gasteiger partial charge >= 0.3 is 0 Å². The van der Waals surface area contributed by atoms with Gasteiger partial charge in [-0.05, 0) is 88.8 Å². The van der Waals surface area contributed by atoms with Gasteiger partial charge in [-0.3, -0.25) is 5.41 Å². The Hall–Kier alpha value is -7.42. The number of allylic oxidation sites excluding steroid dienone is 1. The summed E-state index contributed by atoms with van der Waals surface area (Å²) in [5, 5.41) is 13.8. The maximum Gasteiger partial charge on any atom is 0.152 e. The molecule has 0 aliphatic heterocycles. The highest BCUT2D eigenvalue weighted by atomic mass is 14.8. The number of nitrogens with zero attached hydrogens (tertiary/aromatic N) is 1. The van der Waals surface area contributed by atoms with Crippen molar-refractivity contribution in [3.8, 4) is 44.5 Å². The zero-order valence-corrected chi connectivity index (χ0v) is 33.2. The number of rotatable bonds is 7. The first kappa shape index (κ1) is 36.0. The summed E-state index contributed by atoms with van der Waals surface area (Å²) in [4.78, 5) is 5.03. The standard InChI is InChI=1S/C57H42N2/c1-57(2)53-29-13-12-24-50(53)52-28-15-26-46(55(52)57)41-32-30-39(31-33-41)45-36-34-40(44-21-8-9-22-47(44)45)35-37-54(59-56(58)42-17-4-3-5-18-42)51-25-11-10-23-49(51)48-27-14-19-38-16-6-7-20-43(38)48/h3-37,58H,1-2H3/b37-35+,58-56?,59-54?. The molecular formula is C57H42N2. The van der Waals surface area contributed by atoms with E-state index in [-0.39, 0.29) is 11.3 Å². The molecule has 0 atom stereocenters. The number of fused-ring (bicyclic) bond motifs is 5. The van der Waals surface area contributed by atoms with Crippen LogP contribution in [0.25, 0.3) is 72.1 Å². The van der Waals surface area contributed by atoms with Crippen molar-refractivity contribution in [2.24, 2.45) is 4.99 Å². The van der Waals surface area contributed by atoms with Crippen LogP contribution in [0.2, 0.25) is 0 Å². The van der Waals surface area contributed by atoms with Crippen molar-refractivity contribution in [2.75, 3.05) is 0 Å². The number of amidine groups is 1. The summed E-state index contributed by atoms with van der Waals surface area (Å²) in [5.74, 6) is 0.218. The number of hydrogen-bond acceptors (Lipinski definition) is 1. The van der Waals surface area contributed by atoms with Crippen molar-refractivity contribution in [3.63, 3.8) is 0 Å². The van der Waals surface area contributed by atoms with E-state index in [1.165, 1.54) is 60.7 Å². The van der Waals surface area contributed by atoms with Crippen LogP contribution in [0.5, 0.6) is 0 Å². The third kappa shape index (κ3) is 6.40. The molecule has 59 heavy (non-hydrogen) atoms. The first-order valence-electron chi connectivity index (χ1n) is 20.3. The minimum atomic E-state index is -0.0782. The molecule has 0 heterocycles. The molecule has 10 rings (SSSR count). The van der Waals surface area contributed by atoms with Crippen LogP contribution >= 0.6 is 0 Å². The molecule has 0 saturated heterocycles. The Balaban J connectivity index is 1.04. The van der Waals surface area contributed by atoms with E-state index in [1.807, 2.05) is 30.3 Å². The molecule has 0 fully saturated rings. The van der Waals surface area contributed by atoms with Gasteiger partial charge in [-0.2, -0.15) is 0 Å². The Kier molecular flexibility index (Phi) is 9.03. The first-order valence-corrected chi connectivity index (χ1v) is 20.3. The zero-order valence-electron chi connectivity index (χ0n) is 33.2. The van der Waals surface area contributed by atoms with Crippen LogP contribution in [-0.4, -0.2) is 11.5 Å². The fourth-order valence-corrected chi connectivity index (χ4v) is 9.18. The number of hydrogen-bond donors (Lipinski definition) is 1.